The summed E-state index contributed by atoms with van der Waals surface area (Å²) in [5, 5.41) is 13.9. The van der Waals surface area contributed by atoms with Gasteiger partial charge in [-0.1, -0.05) is 25.4 Å². The van der Waals surface area contributed by atoms with E-state index in [2.05, 4.69) is 39.4 Å². The molecule has 1 aliphatic heterocycles. The molecule has 2 aromatic rings. The first-order chi connectivity index (χ1) is 10.1. The molecule has 21 heavy (non-hydrogen) atoms. The van der Waals surface area contributed by atoms with Crippen molar-refractivity contribution in [3.05, 3.63) is 22.5 Å². The van der Waals surface area contributed by atoms with Crippen LogP contribution >= 0.6 is 11.6 Å². The van der Waals surface area contributed by atoms with Gasteiger partial charge in [-0.3, -0.25) is 0 Å². The largest absolute Gasteiger partial charge is 0.370 e. The molecule has 0 bridgehead atoms. The number of aromatic amines is 1. The first-order valence-electron chi connectivity index (χ1n) is 7.07. The number of benzene rings is 1. The van der Waals surface area contributed by atoms with Crippen LogP contribution in [0, 0.1) is 11.7 Å². The van der Waals surface area contributed by atoms with Crippen LogP contribution in [-0.4, -0.2) is 33.7 Å². The number of hydrogen-bond donors (Lipinski definition) is 1. The van der Waals surface area contributed by atoms with Crippen molar-refractivity contribution in [2.24, 2.45) is 5.92 Å². The van der Waals surface area contributed by atoms with Crippen LogP contribution in [0.5, 0.6) is 0 Å². The number of halogens is 2. The van der Waals surface area contributed by atoms with Gasteiger partial charge in [-0.15, -0.1) is 10.2 Å². The highest BCUT2D eigenvalue weighted by molar-refractivity contribution is 6.31. The van der Waals surface area contributed by atoms with Crippen LogP contribution in [0.3, 0.4) is 0 Å². The fourth-order valence-corrected chi connectivity index (χ4v) is 2.92. The normalized spacial score (nSPS) is 14.0. The topological polar surface area (TPSA) is 57.7 Å². The van der Waals surface area contributed by atoms with Crippen LogP contribution in [0.2, 0.25) is 5.02 Å². The summed E-state index contributed by atoms with van der Waals surface area (Å²) in [6, 6.07) is 1.71. The maximum Gasteiger partial charge on any atom is 0.209 e. The van der Waals surface area contributed by atoms with E-state index < -0.39 is 5.82 Å². The predicted molar refractivity (Wildman–Crippen MR) is 80.0 cm³/mol. The molecule has 0 amide bonds. The molecule has 0 spiro atoms. The van der Waals surface area contributed by atoms with Crippen LogP contribution in [0.15, 0.2) is 6.07 Å². The number of nitrogens with one attached hydrogen (secondary N) is 1. The maximum absolute atomic E-state index is 14.5. The Labute approximate surface area is 127 Å². The summed E-state index contributed by atoms with van der Waals surface area (Å²) in [5.74, 6) is 0.371. The summed E-state index contributed by atoms with van der Waals surface area (Å²) < 4.78 is 14.5. The Morgan fingerprint density at radius 2 is 2.29 bits per heavy atom. The van der Waals surface area contributed by atoms with Crippen molar-refractivity contribution in [3.63, 3.8) is 0 Å². The zero-order valence-corrected chi connectivity index (χ0v) is 12.8. The standard InChI is InChI=1S/C14H17ClFN5/c1-8(2)3-5-21-6-4-9-7-10(15)12(16)11(13(9)21)14-17-19-20-18-14/h7-8H,3-6H2,1-2H3,(H,17,18,19,20). The molecule has 1 N–H and O–H groups in total. The lowest BCUT2D eigenvalue weighted by Gasteiger charge is -2.22. The number of hydrogen-bond acceptors (Lipinski definition) is 4. The number of anilines is 1. The first kappa shape index (κ1) is 14.3. The van der Waals surface area contributed by atoms with E-state index >= 15 is 0 Å². The molecule has 112 valence electrons. The molecule has 0 saturated carbocycles. The van der Waals surface area contributed by atoms with Gasteiger partial charge in [0.05, 0.1) is 16.3 Å². The quantitative estimate of drug-likeness (QED) is 0.943. The molecular formula is C14H17ClFN5. The summed E-state index contributed by atoms with van der Waals surface area (Å²) in [6.45, 7) is 6.11. The number of rotatable bonds is 4. The lowest BCUT2D eigenvalue weighted by atomic mass is 10.1. The highest BCUT2D eigenvalue weighted by Crippen LogP contribution is 2.41. The second-order valence-corrected chi connectivity index (χ2v) is 6.12. The molecule has 7 heteroatoms. The van der Waals surface area contributed by atoms with Crippen molar-refractivity contribution >= 4 is 17.3 Å². The van der Waals surface area contributed by atoms with Crippen molar-refractivity contribution in [3.8, 4) is 11.4 Å². The summed E-state index contributed by atoms with van der Waals surface area (Å²) >= 11 is 6.01. The van der Waals surface area contributed by atoms with Crippen molar-refractivity contribution in [2.45, 2.75) is 26.7 Å². The molecule has 0 fully saturated rings. The Bertz CT molecular complexity index is 641. The summed E-state index contributed by atoms with van der Waals surface area (Å²) in [6.07, 6.45) is 1.91. The highest BCUT2D eigenvalue weighted by atomic mass is 35.5. The van der Waals surface area contributed by atoms with E-state index in [-0.39, 0.29) is 10.8 Å². The number of H-pyrrole nitrogens is 1. The summed E-state index contributed by atoms with van der Waals surface area (Å²) in [5.41, 5.74) is 2.26. The van der Waals surface area contributed by atoms with E-state index in [9.17, 15) is 4.39 Å². The smallest absolute Gasteiger partial charge is 0.209 e. The Morgan fingerprint density at radius 3 is 2.95 bits per heavy atom. The van der Waals surface area contributed by atoms with Crippen LogP contribution < -0.4 is 4.90 Å². The van der Waals surface area contributed by atoms with E-state index in [1.54, 1.807) is 6.07 Å². The third kappa shape index (κ3) is 2.60. The van der Waals surface area contributed by atoms with E-state index in [4.69, 9.17) is 11.6 Å². The van der Waals surface area contributed by atoms with Crippen LogP contribution in [0.4, 0.5) is 10.1 Å². The lowest BCUT2D eigenvalue weighted by Crippen LogP contribution is -2.23. The van der Waals surface area contributed by atoms with E-state index in [1.165, 1.54) is 0 Å². The molecule has 1 aromatic heterocycles. The molecule has 3 rings (SSSR count). The monoisotopic (exact) mass is 309 g/mol. The van der Waals surface area contributed by atoms with Crippen LogP contribution in [0.1, 0.15) is 25.8 Å². The minimum atomic E-state index is -0.478. The molecule has 0 aliphatic carbocycles. The Kier molecular flexibility index (Phi) is 3.80. The van der Waals surface area contributed by atoms with Gasteiger partial charge in [-0.05, 0) is 35.6 Å². The number of nitrogens with zero attached hydrogens (tertiary/aromatic N) is 4. The highest BCUT2D eigenvalue weighted by Gasteiger charge is 2.29. The predicted octanol–water partition coefficient (Wildman–Crippen LogP) is 3.07. The van der Waals surface area contributed by atoms with Crippen molar-refractivity contribution in [1.29, 1.82) is 0 Å². The molecule has 2 heterocycles. The Hall–Kier alpha value is -1.69. The molecule has 0 unspecified atom stereocenters. The van der Waals surface area contributed by atoms with Crippen LogP contribution in [0.25, 0.3) is 11.4 Å². The third-order valence-corrected chi connectivity index (χ3v) is 4.06. The SMILES string of the molecule is CC(C)CCN1CCc2cc(Cl)c(F)c(-c3nn[nH]n3)c21. The molecular weight excluding hydrogens is 293 g/mol. The van der Waals surface area contributed by atoms with Gasteiger partial charge >= 0.3 is 0 Å². The van der Waals surface area contributed by atoms with Gasteiger partial charge < -0.3 is 4.90 Å². The van der Waals surface area contributed by atoms with Crippen molar-refractivity contribution in [1.82, 2.24) is 20.6 Å². The van der Waals surface area contributed by atoms with E-state index in [0.29, 0.717) is 11.5 Å². The fourth-order valence-electron chi connectivity index (χ4n) is 2.70. The minimum absolute atomic E-state index is 0.110. The average Bonchev–Trinajstić information content (AvgIpc) is 3.08. The fraction of sp³-hybridized carbons (Fsp3) is 0.500. The molecule has 0 saturated heterocycles. The maximum atomic E-state index is 14.5. The van der Waals surface area contributed by atoms with Gasteiger partial charge in [0.2, 0.25) is 5.82 Å². The molecule has 1 aromatic carbocycles. The Balaban J connectivity index is 2.07. The van der Waals surface area contributed by atoms with Gasteiger partial charge in [0.15, 0.2) is 5.82 Å². The zero-order valence-electron chi connectivity index (χ0n) is 12.0. The van der Waals surface area contributed by atoms with Gasteiger partial charge in [0.25, 0.3) is 0 Å². The second-order valence-electron chi connectivity index (χ2n) is 5.71. The van der Waals surface area contributed by atoms with Crippen LogP contribution in [-0.2, 0) is 6.42 Å². The van der Waals surface area contributed by atoms with Gasteiger partial charge in [0.1, 0.15) is 0 Å². The number of aromatic nitrogens is 4. The average molecular weight is 310 g/mol. The third-order valence-electron chi connectivity index (χ3n) is 3.78. The lowest BCUT2D eigenvalue weighted by molar-refractivity contribution is 0.577. The summed E-state index contributed by atoms with van der Waals surface area (Å²) in [4.78, 5) is 2.19. The molecule has 5 nitrogen and oxygen atoms in total. The first-order valence-corrected chi connectivity index (χ1v) is 7.45. The molecule has 0 radical (unpaired) electrons. The second kappa shape index (κ2) is 5.60. The molecule has 1 aliphatic rings. The van der Waals surface area contributed by atoms with E-state index in [0.717, 1.165) is 37.2 Å². The minimum Gasteiger partial charge on any atom is -0.370 e. The van der Waals surface area contributed by atoms with E-state index in [1.807, 2.05) is 0 Å². The zero-order chi connectivity index (χ0) is 15.0. The number of fused-ring (bicyclic) bond motifs is 1. The van der Waals surface area contributed by atoms with Crippen molar-refractivity contribution < 1.29 is 4.39 Å². The van der Waals surface area contributed by atoms with Gasteiger partial charge in [-0.2, -0.15) is 5.21 Å². The number of tetrazole rings is 1. The molecule has 0 atom stereocenters. The summed E-state index contributed by atoms with van der Waals surface area (Å²) in [7, 11) is 0. The van der Waals surface area contributed by atoms with Gasteiger partial charge in [-0.25, -0.2) is 4.39 Å². The van der Waals surface area contributed by atoms with Gasteiger partial charge in [0, 0.05) is 13.1 Å². The Morgan fingerprint density at radius 1 is 1.48 bits per heavy atom. The van der Waals surface area contributed by atoms with Crippen molar-refractivity contribution in [2.75, 3.05) is 18.0 Å².